The first kappa shape index (κ1) is 14.0. The normalized spacial score (nSPS) is 13.9. The number of carbonyl (C=O) groups is 1. The van der Waals surface area contributed by atoms with Gasteiger partial charge in [0.05, 0.1) is 11.5 Å². The number of thioether (sulfide) groups is 1. The molecule has 0 aromatic rings. The number of hydrogen-bond donors (Lipinski definition) is 0. The second kappa shape index (κ2) is 6.45. The quantitative estimate of drug-likeness (QED) is 0.675. The summed E-state index contributed by atoms with van der Waals surface area (Å²) in [6.07, 6.45) is 2.34. The van der Waals surface area contributed by atoms with Crippen molar-refractivity contribution in [3.8, 4) is 0 Å². The summed E-state index contributed by atoms with van der Waals surface area (Å²) >= 11 is 1.59. The average Bonchev–Trinajstić information content (AvgIpc) is 2.09. The first-order valence-electron chi connectivity index (χ1n) is 4.66. The molecule has 84 valence electrons. The summed E-state index contributed by atoms with van der Waals surface area (Å²) in [6.45, 7) is 4.13. The monoisotopic (exact) mass is 238 g/mol. The van der Waals surface area contributed by atoms with E-state index in [4.69, 9.17) is 0 Å². The lowest BCUT2D eigenvalue weighted by molar-refractivity contribution is -0.116. The number of rotatable bonds is 7. The predicted molar refractivity (Wildman–Crippen MR) is 61.5 cm³/mol. The molecular formula is C9H18O3S2. The Bertz CT molecular complexity index is 270. The Labute approximate surface area is 90.6 Å². The van der Waals surface area contributed by atoms with Crippen molar-refractivity contribution < 1.29 is 13.2 Å². The SMILES string of the molecule is CCC(C)SCC(=O)CCS(C)(=O)=O. The highest BCUT2D eigenvalue weighted by atomic mass is 32.2. The third kappa shape index (κ3) is 8.56. The van der Waals surface area contributed by atoms with Gasteiger partial charge in [-0.2, -0.15) is 11.8 Å². The minimum Gasteiger partial charge on any atom is -0.299 e. The Hall–Kier alpha value is -0.0300. The lowest BCUT2D eigenvalue weighted by Gasteiger charge is -2.06. The molecule has 0 amide bonds. The van der Waals surface area contributed by atoms with E-state index in [1.807, 2.05) is 0 Å². The van der Waals surface area contributed by atoms with E-state index < -0.39 is 9.84 Å². The number of carbonyl (C=O) groups excluding carboxylic acids is 1. The lowest BCUT2D eigenvalue weighted by Crippen LogP contribution is -2.12. The number of Topliss-reactive ketones (excluding diaryl/α,β-unsaturated/α-hetero) is 1. The molecule has 0 radical (unpaired) electrons. The van der Waals surface area contributed by atoms with E-state index in [0.29, 0.717) is 11.0 Å². The van der Waals surface area contributed by atoms with Gasteiger partial charge in [0.25, 0.3) is 0 Å². The van der Waals surface area contributed by atoms with Crippen molar-refractivity contribution >= 4 is 27.4 Å². The highest BCUT2D eigenvalue weighted by molar-refractivity contribution is 8.00. The van der Waals surface area contributed by atoms with Crippen molar-refractivity contribution in [3.63, 3.8) is 0 Å². The summed E-state index contributed by atoms with van der Waals surface area (Å²) in [5.74, 6) is 0.443. The molecule has 0 aliphatic carbocycles. The zero-order valence-electron chi connectivity index (χ0n) is 8.95. The van der Waals surface area contributed by atoms with Crippen molar-refractivity contribution in [2.45, 2.75) is 31.9 Å². The molecule has 14 heavy (non-hydrogen) atoms. The first-order valence-corrected chi connectivity index (χ1v) is 7.77. The fourth-order valence-electron chi connectivity index (χ4n) is 0.724. The predicted octanol–water partition coefficient (Wildman–Crippen LogP) is 1.52. The van der Waals surface area contributed by atoms with Crippen LogP contribution in [-0.4, -0.2) is 37.2 Å². The van der Waals surface area contributed by atoms with Crippen LogP contribution in [0, 0.1) is 0 Å². The molecule has 0 heterocycles. The van der Waals surface area contributed by atoms with Crippen LogP contribution >= 0.6 is 11.8 Å². The van der Waals surface area contributed by atoms with Gasteiger partial charge in [-0.25, -0.2) is 8.42 Å². The fourth-order valence-corrected chi connectivity index (χ4v) is 2.17. The Morgan fingerprint density at radius 2 is 2.00 bits per heavy atom. The molecule has 0 fully saturated rings. The summed E-state index contributed by atoms with van der Waals surface area (Å²) in [7, 11) is -2.99. The van der Waals surface area contributed by atoms with Gasteiger partial charge in [0.15, 0.2) is 0 Å². The topological polar surface area (TPSA) is 51.2 Å². The zero-order valence-corrected chi connectivity index (χ0v) is 10.6. The van der Waals surface area contributed by atoms with Crippen LogP contribution in [0.15, 0.2) is 0 Å². The molecule has 1 unspecified atom stereocenters. The summed E-state index contributed by atoms with van der Waals surface area (Å²) in [4.78, 5) is 11.2. The van der Waals surface area contributed by atoms with Crippen molar-refractivity contribution in [1.82, 2.24) is 0 Å². The first-order chi connectivity index (χ1) is 6.35. The van der Waals surface area contributed by atoms with Crippen molar-refractivity contribution in [3.05, 3.63) is 0 Å². The zero-order chi connectivity index (χ0) is 11.2. The molecule has 0 bridgehead atoms. The molecule has 1 atom stereocenters. The number of sulfone groups is 1. The standard InChI is InChI=1S/C9H18O3S2/c1-4-8(2)13-7-9(10)5-6-14(3,11)12/h8H,4-7H2,1-3H3. The maximum Gasteiger partial charge on any atom is 0.147 e. The van der Waals surface area contributed by atoms with Gasteiger partial charge in [-0.15, -0.1) is 0 Å². The molecule has 5 heteroatoms. The van der Waals surface area contributed by atoms with Crippen LogP contribution in [0.5, 0.6) is 0 Å². The fraction of sp³-hybridized carbons (Fsp3) is 0.889. The molecule has 0 saturated carbocycles. The second-order valence-corrected chi connectivity index (χ2v) is 7.13. The number of hydrogen-bond acceptors (Lipinski definition) is 4. The maximum atomic E-state index is 11.2. The Morgan fingerprint density at radius 3 is 2.43 bits per heavy atom. The lowest BCUT2D eigenvalue weighted by atomic mass is 10.3. The van der Waals surface area contributed by atoms with Gasteiger partial charge in [0, 0.05) is 17.9 Å². The van der Waals surface area contributed by atoms with Gasteiger partial charge in [0.2, 0.25) is 0 Å². The van der Waals surface area contributed by atoms with Crippen LogP contribution in [0.25, 0.3) is 0 Å². The molecule has 0 aromatic carbocycles. The largest absolute Gasteiger partial charge is 0.299 e. The van der Waals surface area contributed by atoms with Crippen LogP contribution in [0.2, 0.25) is 0 Å². The van der Waals surface area contributed by atoms with E-state index in [-0.39, 0.29) is 18.0 Å². The Morgan fingerprint density at radius 1 is 1.43 bits per heavy atom. The van der Waals surface area contributed by atoms with Crippen molar-refractivity contribution in [1.29, 1.82) is 0 Å². The average molecular weight is 238 g/mol. The molecular weight excluding hydrogens is 220 g/mol. The van der Waals surface area contributed by atoms with Crippen LogP contribution in [0.4, 0.5) is 0 Å². The van der Waals surface area contributed by atoms with Gasteiger partial charge in [-0.3, -0.25) is 4.79 Å². The molecule has 0 aromatic heterocycles. The Balaban J connectivity index is 3.67. The third-order valence-electron chi connectivity index (χ3n) is 1.86. The van der Waals surface area contributed by atoms with Gasteiger partial charge in [0.1, 0.15) is 15.6 Å². The van der Waals surface area contributed by atoms with Gasteiger partial charge < -0.3 is 0 Å². The summed E-state index contributed by atoms with van der Waals surface area (Å²) in [5.41, 5.74) is 0. The van der Waals surface area contributed by atoms with Crippen LogP contribution in [0.1, 0.15) is 26.7 Å². The summed E-state index contributed by atoms with van der Waals surface area (Å²) in [5, 5.41) is 0.470. The Kier molecular flexibility index (Phi) is 6.44. The molecule has 0 N–H and O–H groups in total. The van der Waals surface area contributed by atoms with E-state index in [2.05, 4.69) is 13.8 Å². The van der Waals surface area contributed by atoms with Gasteiger partial charge in [-0.1, -0.05) is 13.8 Å². The summed E-state index contributed by atoms with van der Waals surface area (Å²) in [6, 6.07) is 0. The molecule has 0 aliphatic heterocycles. The molecule has 0 spiro atoms. The minimum atomic E-state index is -2.99. The number of ketones is 1. The molecule has 0 saturated heterocycles. The van der Waals surface area contributed by atoms with E-state index in [0.717, 1.165) is 12.7 Å². The van der Waals surface area contributed by atoms with E-state index in [9.17, 15) is 13.2 Å². The van der Waals surface area contributed by atoms with Crippen LogP contribution in [0.3, 0.4) is 0 Å². The van der Waals surface area contributed by atoms with E-state index >= 15 is 0 Å². The highest BCUT2D eigenvalue weighted by Crippen LogP contribution is 2.13. The minimum absolute atomic E-state index is 0.0209. The third-order valence-corrected chi connectivity index (χ3v) is 4.19. The van der Waals surface area contributed by atoms with Crippen LogP contribution < -0.4 is 0 Å². The molecule has 3 nitrogen and oxygen atoms in total. The van der Waals surface area contributed by atoms with Crippen molar-refractivity contribution in [2.24, 2.45) is 0 Å². The maximum absolute atomic E-state index is 11.2. The molecule has 0 rings (SSSR count). The van der Waals surface area contributed by atoms with Gasteiger partial charge in [-0.05, 0) is 6.42 Å². The molecule has 0 aliphatic rings. The van der Waals surface area contributed by atoms with Crippen LogP contribution in [-0.2, 0) is 14.6 Å². The van der Waals surface area contributed by atoms with E-state index in [1.54, 1.807) is 11.8 Å². The highest BCUT2D eigenvalue weighted by Gasteiger charge is 2.09. The van der Waals surface area contributed by atoms with Crippen molar-refractivity contribution in [2.75, 3.05) is 17.8 Å². The van der Waals surface area contributed by atoms with E-state index in [1.165, 1.54) is 0 Å². The summed E-state index contributed by atoms with van der Waals surface area (Å²) < 4.78 is 21.5. The van der Waals surface area contributed by atoms with Gasteiger partial charge >= 0.3 is 0 Å². The second-order valence-electron chi connectivity index (χ2n) is 3.45. The smallest absolute Gasteiger partial charge is 0.147 e.